The van der Waals surface area contributed by atoms with Crippen LogP contribution in [0.1, 0.15) is 55.2 Å². The Morgan fingerprint density at radius 2 is 2.24 bits per heavy atom. The van der Waals surface area contributed by atoms with Crippen LogP contribution in [0.5, 0.6) is 0 Å². The Kier molecular flexibility index (Phi) is 4.50. The van der Waals surface area contributed by atoms with Crippen LogP contribution in [0.15, 0.2) is 6.20 Å². The average molecular weight is 270 g/mol. The van der Waals surface area contributed by atoms with Crippen molar-refractivity contribution in [1.29, 1.82) is 0 Å². The topological polar surface area (TPSA) is 24.9 Å². The Labute approximate surface area is 113 Å². The predicted octanol–water partition coefficient (Wildman–Crippen LogP) is 3.99. The van der Waals surface area contributed by atoms with E-state index < -0.39 is 0 Å². The monoisotopic (exact) mass is 270 g/mol. The number of thiazole rings is 1. The van der Waals surface area contributed by atoms with Crippen LogP contribution in [-0.2, 0) is 6.54 Å². The summed E-state index contributed by atoms with van der Waals surface area (Å²) in [4.78, 5) is 5.96. The van der Waals surface area contributed by atoms with Gasteiger partial charge < -0.3 is 5.32 Å². The van der Waals surface area contributed by atoms with Crippen molar-refractivity contribution in [3.8, 4) is 0 Å². The molecule has 0 amide bonds. The highest BCUT2D eigenvalue weighted by atomic mass is 32.2. The lowest BCUT2D eigenvalue weighted by Gasteiger charge is -2.20. The zero-order valence-electron chi connectivity index (χ0n) is 11.0. The van der Waals surface area contributed by atoms with Gasteiger partial charge in [-0.2, -0.15) is 11.8 Å². The summed E-state index contributed by atoms with van der Waals surface area (Å²) < 4.78 is 0. The van der Waals surface area contributed by atoms with E-state index >= 15 is 0 Å². The standard InChI is InChI=1S/C13H22N2S2/c1-13(2,3)15-9-10-8-14-12(17-10)11-6-4-5-7-16-11/h8,11,15H,4-7,9H2,1-3H3. The summed E-state index contributed by atoms with van der Waals surface area (Å²) in [6.07, 6.45) is 6.11. The minimum atomic E-state index is 0.184. The molecule has 0 aromatic carbocycles. The van der Waals surface area contributed by atoms with E-state index in [-0.39, 0.29) is 5.54 Å². The Hall–Kier alpha value is -0.0600. The van der Waals surface area contributed by atoms with Gasteiger partial charge in [-0.1, -0.05) is 6.42 Å². The third-order valence-electron chi connectivity index (χ3n) is 2.82. The zero-order valence-corrected chi connectivity index (χ0v) is 12.6. The minimum absolute atomic E-state index is 0.184. The van der Waals surface area contributed by atoms with Gasteiger partial charge in [-0.15, -0.1) is 11.3 Å². The van der Waals surface area contributed by atoms with Gasteiger partial charge in [0.15, 0.2) is 0 Å². The molecule has 1 fully saturated rings. The second kappa shape index (κ2) is 5.72. The molecule has 1 aromatic rings. The number of nitrogens with zero attached hydrogens (tertiary/aromatic N) is 1. The lowest BCUT2D eigenvalue weighted by Crippen LogP contribution is -2.34. The number of hydrogen-bond donors (Lipinski definition) is 1. The number of thioether (sulfide) groups is 1. The molecule has 2 nitrogen and oxygen atoms in total. The van der Waals surface area contributed by atoms with Crippen molar-refractivity contribution in [2.45, 2.75) is 57.4 Å². The maximum absolute atomic E-state index is 4.60. The fourth-order valence-corrected chi connectivity index (χ4v) is 4.25. The lowest BCUT2D eigenvalue weighted by atomic mass is 10.1. The van der Waals surface area contributed by atoms with E-state index in [1.54, 1.807) is 0 Å². The van der Waals surface area contributed by atoms with Crippen LogP contribution >= 0.6 is 23.1 Å². The van der Waals surface area contributed by atoms with E-state index in [1.165, 1.54) is 34.9 Å². The van der Waals surface area contributed by atoms with E-state index in [4.69, 9.17) is 0 Å². The number of nitrogens with one attached hydrogen (secondary N) is 1. The van der Waals surface area contributed by atoms with Crippen LogP contribution in [0.25, 0.3) is 0 Å². The second-order valence-electron chi connectivity index (χ2n) is 5.62. The predicted molar refractivity (Wildman–Crippen MR) is 77.8 cm³/mol. The summed E-state index contributed by atoms with van der Waals surface area (Å²) in [6.45, 7) is 7.54. The summed E-state index contributed by atoms with van der Waals surface area (Å²) in [7, 11) is 0. The van der Waals surface area contributed by atoms with Crippen molar-refractivity contribution in [2.24, 2.45) is 0 Å². The molecule has 0 radical (unpaired) electrons. The van der Waals surface area contributed by atoms with Crippen molar-refractivity contribution < 1.29 is 0 Å². The van der Waals surface area contributed by atoms with Gasteiger partial charge in [0.25, 0.3) is 0 Å². The van der Waals surface area contributed by atoms with E-state index in [2.05, 4.69) is 42.8 Å². The van der Waals surface area contributed by atoms with Gasteiger partial charge >= 0.3 is 0 Å². The number of hydrogen-bond acceptors (Lipinski definition) is 4. The summed E-state index contributed by atoms with van der Waals surface area (Å²) in [5, 5.41) is 5.52. The number of aromatic nitrogens is 1. The molecule has 1 atom stereocenters. The SMILES string of the molecule is CC(C)(C)NCc1cnc(C2CCCCS2)s1. The first kappa shape index (κ1) is 13.4. The van der Waals surface area contributed by atoms with Gasteiger partial charge in [0, 0.05) is 23.2 Å². The van der Waals surface area contributed by atoms with Crippen LogP contribution in [0, 0.1) is 0 Å². The van der Waals surface area contributed by atoms with Gasteiger partial charge in [0.1, 0.15) is 5.01 Å². The molecule has 4 heteroatoms. The van der Waals surface area contributed by atoms with Crippen molar-refractivity contribution >= 4 is 23.1 Å². The Bertz CT molecular complexity index is 349. The fraction of sp³-hybridized carbons (Fsp3) is 0.769. The molecule has 1 unspecified atom stereocenters. The van der Waals surface area contributed by atoms with Gasteiger partial charge in [0.05, 0.1) is 5.25 Å². The summed E-state index contributed by atoms with van der Waals surface area (Å²) in [5.74, 6) is 1.31. The molecule has 1 aromatic heterocycles. The lowest BCUT2D eigenvalue weighted by molar-refractivity contribution is 0.426. The van der Waals surface area contributed by atoms with Crippen LogP contribution in [0.3, 0.4) is 0 Å². The summed E-state index contributed by atoms with van der Waals surface area (Å²) >= 11 is 3.97. The quantitative estimate of drug-likeness (QED) is 0.899. The van der Waals surface area contributed by atoms with Crippen molar-refractivity contribution in [2.75, 3.05) is 5.75 Å². The molecule has 0 spiro atoms. The molecule has 1 aliphatic rings. The smallest absolute Gasteiger partial charge is 0.106 e. The summed E-state index contributed by atoms with van der Waals surface area (Å²) in [6, 6.07) is 0. The maximum atomic E-state index is 4.60. The highest BCUT2D eigenvalue weighted by Crippen LogP contribution is 2.39. The van der Waals surface area contributed by atoms with Crippen molar-refractivity contribution in [3.05, 3.63) is 16.1 Å². The number of rotatable bonds is 3. The highest BCUT2D eigenvalue weighted by Gasteiger charge is 2.19. The van der Waals surface area contributed by atoms with Gasteiger partial charge in [-0.05, 0) is 39.4 Å². The first-order valence-corrected chi connectivity index (χ1v) is 8.22. The first-order chi connectivity index (χ1) is 8.04. The molecule has 1 N–H and O–H groups in total. The Balaban J connectivity index is 1.91. The Morgan fingerprint density at radius 3 is 2.88 bits per heavy atom. The van der Waals surface area contributed by atoms with E-state index in [0.717, 1.165) is 6.54 Å². The summed E-state index contributed by atoms with van der Waals surface area (Å²) in [5.41, 5.74) is 0.184. The molecule has 2 rings (SSSR count). The van der Waals surface area contributed by atoms with E-state index in [0.29, 0.717) is 5.25 Å². The zero-order chi connectivity index (χ0) is 12.3. The minimum Gasteiger partial charge on any atom is -0.307 e. The molecule has 1 saturated heterocycles. The largest absolute Gasteiger partial charge is 0.307 e. The normalized spacial score (nSPS) is 21.7. The molecule has 17 heavy (non-hydrogen) atoms. The molecular formula is C13H22N2S2. The van der Waals surface area contributed by atoms with Gasteiger partial charge in [0.2, 0.25) is 0 Å². The second-order valence-corrected chi connectivity index (χ2v) is 8.08. The van der Waals surface area contributed by atoms with E-state index in [9.17, 15) is 0 Å². The molecule has 96 valence electrons. The molecule has 0 bridgehead atoms. The average Bonchev–Trinajstić information content (AvgIpc) is 2.75. The fourth-order valence-electron chi connectivity index (χ4n) is 1.84. The molecular weight excluding hydrogens is 248 g/mol. The van der Waals surface area contributed by atoms with E-state index in [1.807, 2.05) is 17.5 Å². The molecule has 2 heterocycles. The van der Waals surface area contributed by atoms with Crippen molar-refractivity contribution in [3.63, 3.8) is 0 Å². The third kappa shape index (κ3) is 4.27. The van der Waals surface area contributed by atoms with Crippen LogP contribution in [-0.4, -0.2) is 16.3 Å². The molecule has 0 aliphatic carbocycles. The Morgan fingerprint density at radius 1 is 1.41 bits per heavy atom. The van der Waals surface area contributed by atoms with Crippen LogP contribution < -0.4 is 5.32 Å². The molecule has 1 aliphatic heterocycles. The van der Waals surface area contributed by atoms with Crippen molar-refractivity contribution in [1.82, 2.24) is 10.3 Å². The third-order valence-corrected chi connectivity index (χ3v) is 5.47. The highest BCUT2D eigenvalue weighted by molar-refractivity contribution is 7.99. The van der Waals surface area contributed by atoms with Gasteiger partial charge in [-0.3, -0.25) is 0 Å². The first-order valence-electron chi connectivity index (χ1n) is 6.36. The van der Waals surface area contributed by atoms with Crippen LogP contribution in [0.4, 0.5) is 0 Å². The van der Waals surface area contributed by atoms with Crippen LogP contribution in [0.2, 0.25) is 0 Å². The maximum Gasteiger partial charge on any atom is 0.106 e. The van der Waals surface area contributed by atoms with Gasteiger partial charge in [-0.25, -0.2) is 4.98 Å². The molecule has 0 saturated carbocycles.